The molecule has 1 saturated heterocycles. The minimum absolute atomic E-state index is 0.0795. The number of carbonyl (C=O) groups excluding carboxylic acids is 1. The van der Waals surface area contributed by atoms with E-state index in [4.69, 9.17) is 0 Å². The molecule has 1 aliphatic rings. The fourth-order valence-corrected chi connectivity index (χ4v) is 3.01. The van der Waals surface area contributed by atoms with E-state index in [1.807, 2.05) is 0 Å². The van der Waals surface area contributed by atoms with Crippen LogP contribution in [0.25, 0.3) is 0 Å². The summed E-state index contributed by atoms with van der Waals surface area (Å²) in [4.78, 5) is 23.9. The molecule has 0 atom stereocenters. The molecule has 1 fully saturated rings. The molecule has 0 bridgehead atoms. The predicted molar refractivity (Wildman–Crippen MR) is 88.7 cm³/mol. The number of carbonyl (C=O) groups is 1. The van der Waals surface area contributed by atoms with Crippen LogP contribution in [0.2, 0.25) is 0 Å². The van der Waals surface area contributed by atoms with Crippen LogP contribution in [0.5, 0.6) is 0 Å². The zero-order valence-electron chi connectivity index (χ0n) is 14.4. The van der Waals surface area contributed by atoms with Gasteiger partial charge in [-0.1, -0.05) is 6.07 Å². The summed E-state index contributed by atoms with van der Waals surface area (Å²) in [5.41, 5.74) is -0.0355. The monoisotopic (exact) mass is 382 g/mol. The van der Waals surface area contributed by atoms with Crippen LogP contribution in [0, 0.1) is 5.82 Å². The molecule has 1 aromatic carbocycles. The molecule has 2 heterocycles. The molecule has 27 heavy (non-hydrogen) atoms. The van der Waals surface area contributed by atoms with Crippen molar-refractivity contribution in [3.05, 3.63) is 59.4 Å². The molecule has 2 aromatic rings. The second kappa shape index (κ2) is 7.99. The third-order valence-electron chi connectivity index (χ3n) is 4.41. The van der Waals surface area contributed by atoms with Gasteiger partial charge in [0.2, 0.25) is 5.91 Å². The van der Waals surface area contributed by atoms with Crippen LogP contribution < -0.4 is 0 Å². The van der Waals surface area contributed by atoms with E-state index in [0.29, 0.717) is 37.8 Å². The molecule has 1 aromatic heterocycles. The van der Waals surface area contributed by atoms with Gasteiger partial charge in [-0.15, -0.1) is 0 Å². The molecule has 1 amide bonds. The first-order chi connectivity index (χ1) is 12.8. The number of hydrogen-bond donors (Lipinski definition) is 0. The number of nitrogens with zero attached hydrogens (tertiary/aromatic N) is 4. The van der Waals surface area contributed by atoms with Crippen LogP contribution >= 0.6 is 0 Å². The maximum atomic E-state index is 13.7. The lowest BCUT2D eigenvalue weighted by Gasteiger charge is -2.22. The van der Waals surface area contributed by atoms with Gasteiger partial charge in [-0.2, -0.15) is 13.2 Å². The molecule has 0 unspecified atom stereocenters. The largest absolute Gasteiger partial charge is 0.419 e. The smallest absolute Gasteiger partial charge is 0.337 e. The molecule has 0 aliphatic carbocycles. The van der Waals surface area contributed by atoms with E-state index in [-0.39, 0.29) is 18.9 Å². The van der Waals surface area contributed by atoms with Gasteiger partial charge in [0.1, 0.15) is 12.1 Å². The molecule has 5 nitrogen and oxygen atoms in total. The number of alkyl halides is 3. The van der Waals surface area contributed by atoms with Crippen molar-refractivity contribution < 1.29 is 22.4 Å². The molecule has 0 N–H and O–H groups in total. The van der Waals surface area contributed by atoms with E-state index in [0.717, 1.165) is 11.6 Å². The second-order valence-electron chi connectivity index (χ2n) is 6.40. The Morgan fingerprint density at radius 1 is 1.00 bits per heavy atom. The molecular weight excluding hydrogens is 364 g/mol. The highest BCUT2D eigenvalue weighted by Crippen LogP contribution is 2.31. The first-order valence-corrected chi connectivity index (χ1v) is 8.42. The Labute approximate surface area is 153 Å². The Balaban J connectivity index is 1.64. The molecule has 9 heteroatoms. The Kier molecular flexibility index (Phi) is 5.69. The highest BCUT2D eigenvalue weighted by Gasteiger charge is 2.34. The van der Waals surface area contributed by atoms with Crippen LogP contribution in [0.15, 0.2) is 36.9 Å². The van der Waals surface area contributed by atoms with Gasteiger partial charge in [0, 0.05) is 57.1 Å². The normalized spacial score (nSPS) is 16.4. The van der Waals surface area contributed by atoms with E-state index in [1.165, 1.54) is 12.4 Å². The predicted octanol–water partition coefficient (Wildman–Crippen LogP) is 2.87. The highest BCUT2D eigenvalue weighted by atomic mass is 19.4. The standard InChI is InChI=1S/C18H18F4N4O/c19-16-7-13(1-2-15(16)18(20,21)22)11-26-6-5-25(4-3-17(26)27)10-14-8-23-12-24-9-14/h1-2,7-9,12H,3-6,10-11H2. The van der Waals surface area contributed by atoms with Gasteiger partial charge in [-0.05, 0) is 17.7 Å². The Bertz CT molecular complexity index is 798. The maximum absolute atomic E-state index is 13.7. The number of rotatable bonds is 4. The van der Waals surface area contributed by atoms with Crippen molar-refractivity contribution in [1.29, 1.82) is 0 Å². The van der Waals surface area contributed by atoms with E-state index >= 15 is 0 Å². The van der Waals surface area contributed by atoms with Crippen molar-refractivity contribution in [3.8, 4) is 0 Å². The summed E-state index contributed by atoms with van der Waals surface area (Å²) < 4.78 is 51.7. The van der Waals surface area contributed by atoms with Crippen LogP contribution in [-0.4, -0.2) is 45.3 Å². The average Bonchev–Trinajstić information content (AvgIpc) is 2.78. The summed E-state index contributed by atoms with van der Waals surface area (Å²) in [6.07, 6.45) is 0.421. The molecule has 0 radical (unpaired) electrons. The molecule has 0 saturated carbocycles. The summed E-state index contributed by atoms with van der Waals surface area (Å²) in [7, 11) is 0. The Morgan fingerprint density at radius 3 is 2.41 bits per heavy atom. The van der Waals surface area contributed by atoms with Crippen LogP contribution in [0.3, 0.4) is 0 Å². The molecule has 3 rings (SSSR count). The van der Waals surface area contributed by atoms with Crippen LogP contribution in [0.1, 0.15) is 23.1 Å². The summed E-state index contributed by atoms with van der Waals surface area (Å²) in [6.45, 7) is 2.26. The van der Waals surface area contributed by atoms with Gasteiger partial charge >= 0.3 is 6.18 Å². The van der Waals surface area contributed by atoms with E-state index < -0.39 is 17.6 Å². The Morgan fingerprint density at radius 2 is 1.74 bits per heavy atom. The lowest BCUT2D eigenvalue weighted by atomic mass is 10.1. The fraction of sp³-hybridized carbons (Fsp3) is 0.389. The highest BCUT2D eigenvalue weighted by molar-refractivity contribution is 5.76. The van der Waals surface area contributed by atoms with Crippen molar-refractivity contribution in [2.75, 3.05) is 19.6 Å². The van der Waals surface area contributed by atoms with Gasteiger partial charge in [0.25, 0.3) is 0 Å². The maximum Gasteiger partial charge on any atom is 0.419 e. The number of halogens is 4. The third-order valence-corrected chi connectivity index (χ3v) is 4.41. The van der Waals surface area contributed by atoms with Gasteiger partial charge in [0.15, 0.2) is 0 Å². The second-order valence-corrected chi connectivity index (χ2v) is 6.40. The number of benzene rings is 1. The van der Waals surface area contributed by atoms with Gasteiger partial charge in [0.05, 0.1) is 5.56 Å². The van der Waals surface area contributed by atoms with Crippen LogP contribution in [0.4, 0.5) is 17.6 Å². The first kappa shape index (κ1) is 19.2. The summed E-state index contributed by atoms with van der Waals surface area (Å²) >= 11 is 0. The Hall–Kier alpha value is -2.55. The van der Waals surface area contributed by atoms with Crippen LogP contribution in [-0.2, 0) is 24.1 Å². The number of aromatic nitrogens is 2. The van der Waals surface area contributed by atoms with Crippen molar-refractivity contribution in [2.24, 2.45) is 0 Å². The van der Waals surface area contributed by atoms with Crippen molar-refractivity contribution in [2.45, 2.75) is 25.7 Å². The molecule has 1 aliphatic heterocycles. The summed E-state index contributed by atoms with van der Waals surface area (Å²) in [5, 5.41) is 0. The van der Waals surface area contributed by atoms with E-state index in [9.17, 15) is 22.4 Å². The van der Waals surface area contributed by atoms with E-state index in [1.54, 1.807) is 17.3 Å². The minimum atomic E-state index is -4.73. The topological polar surface area (TPSA) is 49.3 Å². The third kappa shape index (κ3) is 5.00. The fourth-order valence-electron chi connectivity index (χ4n) is 3.01. The minimum Gasteiger partial charge on any atom is -0.337 e. The summed E-state index contributed by atoms with van der Waals surface area (Å²) in [5.74, 6) is -1.44. The van der Waals surface area contributed by atoms with Crippen molar-refractivity contribution in [1.82, 2.24) is 19.8 Å². The summed E-state index contributed by atoms with van der Waals surface area (Å²) in [6, 6.07) is 2.78. The molecule has 144 valence electrons. The SMILES string of the molecule is O=C1CCN(Cc2cncnc2)CCN1Cc1ccc(C(F)(F)F)c(F)c1. The van der Waals surface area contributed by atoms with Gasteiger partial charge in [-0.3, -0.25) is 9.69 Å². The quantitative estimate of drug-likeness (QED) is 0.763. The molecule has 0 spiro atoms. The van der Waals surface area contributed by atoms with Gasteiger partial charge < -0.3 is 4.90 Å². The zero-order valence-corrected chi connectivity index (χ0v) is 14.4. The number of amides is 1. The zero-order chi connectivity index (χ0) is 19.4. The van der Waals surface area contributed by atoms with Crippen molar-refractivity contribution in [3.63, 3.8) is 0 Å². The lowest BCUT2D eigenvalue weighted by Crippen LogP contribution is -2.32. The average molecular weight is 382 g/mol. The molecular formula is C18H18F4N4O. The van der Waals surface area contributed by atoms with E-state index in [2.05, 4.69) is 14.9 Å². The van der Waals surface area contributed by atoms with Crippen molar-refractivity contribution >= 4 is 5.91 Å². The lowest BCUT2D eigenvalue weighted by molar-refractivity contribution is -0.140. The first-order valence-electron chi connectivity index (χ1n) is 8.42. The van der Waals surface area contributed by atoms with Gasteiger partial charge in [-0.25, -0.2) is 14.4 Å². The number of hydrogen-bond acceptors (Lipinski definition) is 4.